The molecule has 122 valence electrons. The van der Waals surface area contributed by atoms with E-state index in [1.165, 1.54) is 30.6 Å². The van der Waals surface area contributed by atoms with Crippen LogP contribution in [0.5, 0.6) is 5.75 Å². The molecule has 1 atom stereocenters. The van der Waals surface area contributed by atoms with Crippen LogP contribution in [-0.2, 0) is 4.79 Å². The first kappa shape index (κ1) is 17.0. The van der Waals surface area contributed by atoms with E-state index < -0.39 is 17.8 Å². The number of rotatable bonds is 6. The van der Waals surface area contributed by atoms with Crippen LogP contribution in [0, 0.1) is 5.82 Å². The molecule has 0 aliphatic heterocycles. The van der Waals surface area contributed by atoms with Gasteiger partial charge in [0.05, 0.1) is 25.3 Å². The van der Waals surface area contributed by atoms with Crippen LogP contribution < -0.4 is 15.4 Å². The molecule has 5 nitrogen and oxygen atoms in total. The Kier molecular flexibility index (Phi) is 5.70. The third kappa shape index (κ3) is 4.29. The Hall–Kier alpha value is -2.41. The van der Waals surface area contributed by atoms with Crippen LogP contribution >= 0.6 is 11.3 Å². The van der Waals surface area contributed by atoms with Crippen LogP contribution in [0.3, 0.4) is 0 Å². The van der Waals surface area contributed by atoms with E-state index in [0.717, 1.165) is 0 Å². The van der Waals surface area contributed by atoms with Crippen molar-refractivity contribution in [3.05, 3.63) is 52.0 Å². The minimum absolute atomic E-state index is 0.185. The fourth-order valence-corrected chi connectivity index (χ4v) is 2.77. The standard InChI is InChI=1S/C16H17FN2O3S/c1-10(15-12(17)4-3-5-13(15)22-2)19-14(20)8-18-16(21)11-6-7-23-9-11/h3-7,9-10H,8H2,1-2H3,(H,18,21)(H,19,20)/t10-/m1/s1. The number of hydrogen-bond donors (Lipinski definition) is 2. The van der Waals surface area contributed by atoms with Gasteiger partial charge in [-0.25, -0.2) is 4.39 Å². The predicted octanol–water partition coefficient (Wildman–Crippen LogP) is 2.50. The maximum Gasteiger partial charge on any atom is 0.252 e. The first-order valence-electron chi connectivity index (χ1n) is 6.95. The minimum Gasteiger partial charge on any atom is -0.496 e. The number of ether oxygens (including phenoxy) is 1. The SMILES string of the molecule is COc1cccc(F)c1[C@@H](C)NC(=O)CNC(=O)c1ccsc1. The summed E-state index contributed by atoms with van der Waals surface area (Å²) in [4.78, 5) is 23.7. The number of carbonyl (C=O) groups excluding carboxylic acids is 2. The number of nitrogens with one attached hydrogen (secondary N) is 2. The quantitative estimate of drug-likeness (QED) is 0.852. The van der Waals surface area contributed by atoms with Gasteiger partial charge in [0.25, 0.3) is 5.91 Å². The number of hydrogen-bond acceptors (Lipinski definition) is 4. The summed E-state index contributed by atoms with van der Waals surface area (Å²) >= 11 is 1.40. The zero-order valence-electron chi connectivity index (χ0n) is 12.8. The van der Waals surface area contributed by atoms with Gasteiger partial charge < -0.3 is 15.4 Å². The normalized spacial score (nSPS) is 11.6. The van der Waals surface area contributed by atoms with E-state index >= 15 is 0 Å². The van der Waals surface area contributed by atoms with Gasteiger partial charge in [-0.3, -0.25) is 9.59 Å². The van der Waals surface area contributed by atoms with Crippen molar-refractivity contribution < 1.29 is 18.7 Å². The number of amides is 2. The molecule has 0 fully saturated rings. The van der Waals surface area contributed by atoms with Gasteiger partial charge in [-0.05, 0) is 30.5 Å². The highest BCUT2D eigenvalue weighted by Crippen LogP contribution is 2.27. The molecule has 2 aromatic rings. The molecule has 0 spiro atoms. The molecule has 1 heterocycles. The maximum absolute atomic E-state index is 13.9. The highest BCUT2D eigenvalue weighted by atomic mass is 32.1. The fourth-order valence-electron chi connectivity index (χ4n) is 2.14. The Morgan fingerprint density at radius 1 is 1.35 bits per heavy atom. The van der Waals surface area contributed by atoms with Crippen molar-refractivity contribution >= 4 is 23.2 Å². The van der Waals surface area contributed by atoms with E-state index in [1.807, 2.05) is 0 Å². The van der Waals surface area contributed by atoms with E-state index in [0.29, 0.717) is 11.3 Å². The molecule has 1 aromatic heterocycles. The van der Waals surface area contributed by atoms with Crippen LogP contribution in [0.25, 0.3) is 0 Å². The molecule has 0 radical (unpaired) electrons. The highest BCUT2D eigenvalue weighted by Gasteiger charge is 2.18. The van der Waals surface area contributed by atoms with Gasteiger partial charge in [0.2, 0.25) is 5.91 Å². The minimum atomic E-state index is -0.586. The third-order valence-electron chi connectivity index (χ3n) is 3.24. The Morgan fingerprint density at radius 2 is 2.13 bits per heavy atom. The summed E-state index contributed by atoms with van der Waals surface area (Å²) in [6.45, 7) is 1.47. The van der Waals surface area contributed by atoms with E-state index in [4.69, 9.17) is 4.74 Å². The smallest absolute Gasteiger partial charge is 0.252 e. The lowest BCUT2D eigenvalue weighted by Gasteiger charge is -2.18. The van der Waals surface area contributed by atoms with E-state index in [-0.39, 0.29) is 18.0 Å². The third-order valence-corrected chi connectivity index (χ3v) is 3.92. The number of carbonyl (C=O) groups is 2. The molecule has 2 amide bonds. The molecule has 2 N–H and O–H groups in total. The summed E-state index contributed by atoms with van der Waals surface area (Å²) in [5.74, 6) is -0.830. The number of thiophene rings is 1. The van der Waals surface area contributed by atoms with E-state index in [2.05, 4.69) is 10.6 Å². The van der Waals surface area contributed by atoms with Crippen LogP contribution in [-0.4, -0.2) is 25.5 Å². The monoisotopic (exact) mass is 336 g/mol. The molecular formula is C16H17FN2O3S. The molecule has 7 heteroatoms. The van der Waals surface area contributed by atoms with Gasteiger partial charge in [-0.15, -0.1) is 0 Å². The summed E-state index contributed by atoms with van der Waals surface area (Å²) in [6, 6.07) is 5.55. The van der Waals surface area contributed by atoms with Gasteiger partial charge in [-0.2, -0.15) is 11.3 Å². The second-order valence-electron chi connectivity index (χ2n) is 4.84. The van der Waals surface area contributed by atoms with Crippen LogP contribution in [0.2, 0.25) is 0 Å². The first-order chi connectivity index (χ1) is 11.0. The van der Waals surface area contributed by atoms with Crippen molar-refractivity contribution in [1.29, 1.82) is 0 Å². The van der Waals surface area contributed by atoms with Gasteiger partial charge in [0.1, 0.15) is 11.6 Å². The average Bonchev–Trinajstić information content (AvgIpc) is 3.06. The van der Waals surface area contributed by atoms with E-state index in [9.17, 15) is 14.0 Å². The summed E-state index contributed by atoms with van der Waals surface area (Å²) < 4.78 is 19.1. The molecule has 0 bridgehead atoms. The molecule has 0 saturated carbocycles. The Bertz CT molecular complexity index is 689. The van der Waals surface area contributed by atoms with Gasteiger partial charge >= 0.3 is 0 Å². The van der Waals surface area contributed by atoms with Crippen molar-refractivity contribution in [3.63, 3.8) is 0 Å². The highest BCUT2D eigenvalue weighted by molar-refractivity contribution is 7.08. The van der Waals surface area contributed by atoms with Crippen LogP contribution in [0.15, 0.2) is 35.0 Å². The fraction of sp³-hybridized carbons (Fsp3) is 0.250. The summed E-state index contributed by atoms with van der Waals surface area (Å²) in [5.41, 5.74) is 0.777. The largest absolute Gasteiger partial charge is 0.496 e. The molecule has 1 aromatic carbocycles. The molecule has 0 unspecified atom stereocenters. The lowest BCUT2D eigenvalue weighted by Crippen LogP contribution is -2.38. The molecule has 23 heavy (non-hydrogen) atoms. The summed E-state index contributed by atoms with van der Waals surface area (Å²) in [5, 5.41) is 8.63. The zero-order valence-corrected chi connectivity index (χ0v) is 13.6. The second-order valence-corrected chi connectivity index (χ2v) is 5.62. The molecule has 2 rings (SSSR count). The predicted molar refractivity (Wildman–Crippen MR) is 86.2 cm³/mol. The molecule has 0 aliphatic rings. The average molecular weight is 336 g/mol. The molecular weight excluding hydrogens is 319 g/mol. The number of benzene rings is 1. The first-order valence-corrected chi connectivity index (χ1v) is 7.89. The van der Waals surface area contributed by atoms with E-state index in [1.54, 1.807) is 29.8 Å². The van der Waals surface area contributed by atoms with Crippen molar-refractivity contribution in [2.75, 3.05) is 13.7 Å². The topological polar surface area (TPSA) is 67.4 Å². The van der Waals surface area contributed by atoms with Gasteiger partial charge in [0.15, 0.2) is 0 Å². The Morgan fingerprint density at radius 3 is 2.78 bits per heavy atom. The number of halogens is 1. The van der Waals surface area contributed by atoms with Gasteiger partial charge in [0, 0.05) is 10.9 Å². The molecule has 0 aliphatic carbocycles. The van der Waals surface area contributed by atoms with Crippen LogP contribution in [0.1, 0.15) is 28.9 Å². The lowest BCUT2D eigenvalue weighted by molar-refractivity contribution is -0.120. The zero-order chi connectivity index (χ0) is 16.8. The van der Waals surface area contributed by atoms with Crippen LogP contribution in [0.4, 0.5) is 4.39 Å². The van der Waals surface area contributed by atoms with Crippen molar-refractivity contribution in [2.24, 2.45) is 0 Å². The van der Waals surface area contributed by atoms with Crippen molar-refractivity contribution in [1.82, 2.24) is 10.6 Å². The second kappa shape index (κ2) is 7.73. The Balaban J connectivity index is 1.94. The lowest BCUT2D eigenvalue weighted by atomic mass is 10.1. The summed E-state index contributed by atoms with van der Waals surface area (Å²) in [7, 11) is 1.44. The molecule has 0 saturated heterocycles. The van der Waals surface area contributed by atoms with Crippen molar-refractivity contribution in [2.45, 2.75) is 13.0 Å². The number of methoxy groups -OCH3 is 1. The van der Waals surface area contributed by atoms with Gasteiger partial charge in [-0.1, -0.05) is 6.07 Å². The van der Waals surface area contributed by atoms with Crippen molar-refractivity contribution in [3.8, 4) is 5.75 Å². The Labute approximate surface area is 137 Å². The summed E-state index contributed by atoms with van der Waals surface area (Å²) in [6.07, 6.45) is 0. The maximum atomic E-state index is 13.9.